The fraction of sp³-hybridized carbons (Fsp3) is 0.261. The Hall–Kier alpha value is -3.19. The number of ether oxygens (including phenoxy) is 1. The molecule has 160 valence electrons. The van der Waals surface area contributed by atoms with Gasteiger partial charge in [-0.15, -0.1) is 0 Å². The minimum absolute atomic E-state index is 0.0502. The van der Waals surface area contributed by atoms with Crippen LogP contribution in [0.3, 0.4) is 0 Å². The van der Waals surface area contributed by atoms with Crippen LogP contribution < -0.4 is 10.7 Å². The average Bonchev–Trinajstić information content (AvgIpc) is 3.61. The molecule has 6 nitrogen and oxygen atoms in total. The van der Waals surface area contributed by atoms with E-state index in [9.17, 15) is 14.4 Å². The Balaban J connectivity index is 2.02. The summed E-state index contributed by atoms with van der Waals surface area (Å²) in [5, 5.41) is 2.22. The van der Waals surface area contributed by atoms with E-state index >= 15 is 4.39 Å². The second-order valence-electron chi connectivity index (χ2n) is 7.40. The van der Waals surface area contributed by atoms with E-state index in [1.807, 2.05) is 0 Å². The van der Waals surface area contributed by atoms with Gasteiger partial charge in [0.2, 0.25) is 5.43 Å². The summed E-state index contributed by atoms with van der Waals surface area (Å²) in [5.41, 5.74) is -0.215. The van der Waals surface area contributed by atoms with Crippen LogP contribution in [0.2, 0.25) is 5.02 Å². The minimum atomic E-state index is -0.920. The van der Waals surface area contributed by atoms with Crippen LogP contribution in [0.25, 0.3) is 10.9 Å². The average molecular weight is 443 g/mol. The number of rotatable bonds is 5. The maximum absolute atomic E-state index is 15.3. The number of nitrogens with one attached hydrogen (secondary N) is 1. The Bertz CT molecular complexity index is 1270. The summed E-state index contributed by atoms with van der Waals surface area (Å²) in [6.45, 7) is 3.33. The number of aryl methyl sites for hydroxylation is 1. The molecule has 3 aromatic rings. The summed E-state index contributed by atoms with van der Waals surface area (Å²) in [6.07, 6.45) is 3.14. The molecule has 0 atom stereocenters. The molecule has 0 radical (unpaired) electrons. The van der Waals surface area contributed by atoms with Gasteiger partial charge in [-0.2, -0.15) is 0 Å². The molecule has 1 aliphatic carbocycles. The second kappa shape index (κ2) is 8.15. The Labute approximate surface area is 182 Å². The lowest BCUT2D eigenvalue weighted by atomic mass is 10.0. The second-order valence-corrected chi connectivity index (χ2v) is 7.78. The Morgan fingerprint density at radius 2 is 1.94 bits per heavy atom. The number of aromatic nitrogens is 1. The van der Waals surface area contributed by atoms with Crippen LogP contribution in [0.1, 0.15) is 52.1 Å². The molecule has 0 aliphatic heterocycles. The molecule has 0 unspecified atom stereocenters. The number of esters is 1. The number of halogens is 2. The molecule has 1 amide bonds. The monoisotopic (exact) mass is 442 g/mol. The first-order chi connectivity index (χ1) is 14.8. The molecule has 0 bridgehead atoms. The van der Waals surface area contributed by atoms with Gasteiger partial charge in [0.1, 0.15) is 5.56 Å². The lowest BCUT2D eigenvalue weighted by Crippen LogP contribution is -2.24. The van der Waals surface area contributed by atoms with Gasteiger partial charge in [-0.25, -0.2) is 9.18 Å². The van der Waals surface area contributed by atoms with Crippen molar-refractivity contribution in [2.24, 2.45) is 0 Å². The lowest BCUT2D eigenvalue weighted by molar-refractivity contribution is 0.0524. The summed E-state index contributed by atoms with van der Waals surface area (Å²) in [6, 6.07) is 8.27. The number of pyridine rings is 1. The molecule has 1 saturated carbocycles. The van der Waals surface area contributed by atoms with Gasteiger partial charge in [0.25, 0.3) is 5.91 Å². The van der Waals surface area contributed by atoms with Gasteiger partial charge in [-0.3, -0.25) is 9.59 Å². The number of hydrogen-bond donors (Lipinski definition) is 1. The van der Waals surface area contributed by atoms with Crippen LogP contribution in [0, 0.1) is 12.7 Å². The highest BCUT2D eigenvalue weighted by Gasteiger charge is 2.31. The zero-order valence-electron chi connectivity index (χ0n) is 17.0. The van der Waals surface area contributed by atoms with Crippen LogP contribution in [0.5, 0.6) is 0 Å². The first kappa shape index (κ1) is 21.1. The largest absolute Gasteiger partial charge is 0.462 e. The minimum Gasteiger partial charge on any atom is -0.462 e. The molecular formula is C23H20ClFN2O4. The van der Waals surface area contributed by atoms with Crippen LogP contribution >= 0.6 is 11.6 Å². The van der Waals surface area contributed by atoms with Crippen molar-refractivity contribution in [2.75, 3.05) is 11.9 Å². The third-order valence-corrected chi connectivity index (χ3v) is 5.74. The highest BCUT2D eigenvalue weighted by Crippen LogP contribution is 2.41. The number of carbonyl (C=O) groups is 2. The van der Waals surface area contributed by atoms with E-state index < -0.39 is 23.1 Å². The molecule has 31 heavy (non-hydrogen) atoms. The summed E-state index contributed by atoms with van der Waals surface area (Å²) in [4.78, 5) is 38.5. The highest BCUT2D eigenvalue weighted by molar-refractivity contribution is 6.33. The molecule has 1 N–H and O–H groups in total. The van der Waals surface area contributed by atoms with E-state index in [2.05, 4.69) is 5.32 Å². The molecule has 8 heteroatoms. The van der Waals surface area contributed by atoms with Gasteiger partial charge >= 0.3 is 5.97 Å². The Morgan fingerprint density at radius 1 is 1.26 bits per heavy atom. The van der Waals surface area contributed by atoms with Gasteiger partial charge in [-0.1, -0.05) is 29.8 Å². The summed E-state index contributed by atoms with van der Waals surface area (Å²) in [5.74, 6) is -2.31. The van der Waals surface area contributed by atoms with Crippen molar-refractivity contribution in [2.45, 2.75) is 32.7 Å². The summed E-state index contributed by atoms with van der Waals surface area (Å²) >= 11 is 6.26. The van der Waals surface area contributed by atoms with E-state index in [0.717, 1.165) is 12.8 Å². The lowest BCUT2D eigenvalue weighted by Gasteiger charge is -2.19. The van der Waals surface area contributed by atoms with Crippen LogP contribution in [0.4, 0.5) is 10.1 Å². The van der Waals surface area contributed by atoms with Crippen molar-refractivity contribution in [3.63, 3.8) is 0 Å². The third-order valence-electron chi connectivity index (χ3n) is 5.29. The smallest absolute Gasteiger partial charge is 0.343 e. The number of amides is 1. The van der Waals surface area contributed by atoms with Crippen LogP contribution in [-0.4, -0.2) is 23.1 Å². The van der Waals surface area contributed by atoms with Gasteiger partial charge in [0, 0.05) is 17.8 Å². The number of carbonyl (C=O) groups excluding carboxylic acids is 2. The standard InChI is InChI=1S/C23H20ClFN2O4/c1-3-31-23(30)15-11-27(14-9-10-14)20-12(2)17(24)18(25)19(16(20)21(15)28)26-22(29)13-7-5-4-6-8-13/h4-8,11,14H,3,9-10H2,1-2H3,(H,26,29). The van der Waals surface area contributed by atoms with Crippen molar-refractivity contribution in [1.82, 2.24) is 4.57 Å². The molecule has 1 fully saturated rings. The van der Waals surface area contributed by atoms with E-state index in [0.29, 0.717) is 11.1 Å². The number of fused-ring (bicyclic) bond motifs is 1. The van der Waals surface area contributed by atoms with Crippen molar-refractivity contribution in [1.29, 1.82) is 0 Å². The molecular weight excluding hydrogens is 423 g/mol. The Kier molecular flexibility index (Phi) is 5.54. The Morgan fingerprint density at radius 3 is 2.55 bits per heavy atom. The van der Waals surface area contributed by atoms with E-state index in [-0.39, 0.29) is 39.9 Å². The molecule has 4 rings (SSSR count). The quantitative estimate of drug-likeness (QED) is 0.572. The van der Waals surface area contributed by atoms with Crippen molar-refractivity contribution in [3.05, 3.63) is 74.3 Å². The van der Waals surface area contributed by atoms with E-state index in [1.54, 1.807) is 48.7 Å². The predicted molar refractivity (Wildman–Crippen MR) is 117 cm³/mol. The molecule has 1 aromatic heterocycles. The van der Waals surface area contributed by atoms with Gasteiger partial charge in [0.15, 0.2) is 5.82 Å². The van der Waals surface area contributed by atoms with Gasteiger partial charge in [-0.05, 0) is 44.4 Å². The number of hydrogen-bond acceptors (Lipinski definition) is 4. The molecule has 1 aliphatic rings. The van der Waals surface area contributed by atoms with Crippen molar-refractivity contribution >= 4 is 40.1 Å². The molecule has 0 saturated heterocycles. The third kappa shape index (κ3) is 3.70. The SMILES string of the molecule is CCOC(=O)c1cn(C2CC2)c2c(C)c(Cl)c(F)c(NC(=O)c3ccccc3)c2c1=O. The van der Waals surface area contributed by atoms with E-state index in [4.69, 9.17) is 16.3 Å². The summed E-state index contributed by atoms with van der Waals surface area (Å²) in [7, 11) is 0. The van der Waals surface area contributed by atoms with Crippen LogP contribution in [0.15, 0.2) is 41.3 Å². The molecule has 2 aromatic carbocycles. The molecule has 1 heterocycles. The summed E-state index contributed by atoms with van der Waals surface area (Å²) < 4.78 is 22.1. The van der Waals surface area contributed by atoms with Crippen LogP contribution in [-0.2, 0) is 4.74 Å². The highest BCUT2D eigenvalue weighted by atomic mass is 35.5. The number of benzene rings is 2. The number of nitrogens with zero attached hydrogens (tertiary/aromatic N) is 1. The van der Waals surface area contributed by atoms with Gasteiger partial charge in [0.05, 0.1) is 28.2 Å². The van der Waals surface area contributed by atoms with E-state index in [1.165, 1.54) is 6.20 Å². The first-order valence-electron chi connectivity index (χ1n) is 9.95. The maximum atomic E-state index is 15.3. The van der Waals surface area contributed by atoms with Gasteiger partial charge < -0.3 is 14.6 Å². The number of anilines is 1. The molecule has 0 spiro atoms. The predicted octanol–water partition coefficient (Wildman–Crippen LogP) is 4.87. The topological polar surface area (TPSA) is 77.4 Å². The van der Waals surface area contributed by atoms with Crippen molar-refractivity contribution in [3.8, 4) is 0 Å². The zero-order chi connectivity index (χ0) is 22.3. The zero-order valence-corrected chi connectivity index (χ0v) is 17.8. The fourth-order valence-electron chi connectivity index (χ4n) is 3.62. The van der Waals surface area contributed by atoms with Crippen molar-refractivity contribution < 1.29 is 18.7 Å². The first-order valence-corrected chi connectivity index (χ1v) is 10.3. The fourth-order valence-corrected chi connectivity index (χ4v) is 3.81. The normalized spacial score (nSPS) is 13.3. The maximum Gasteiger partial charge on any atom is 0.343 e.